The summed E-state index contributed by atoms with van der Waals surface area (Å²) in [4.78, 5) is 25.6. The van der Waals surface area contributed by atoms with Gasteiger partial charge in [0.1, 0.15) is 5.82 Å². The van der Waals surface area contributed by atoms with E-state index in [9.17, 15) is 9.59 Å². The zero-order valence-corrected chi connectivity index (χ0v) is 18.8. The molecule has 1 aliphatic carbocycles. The van der Waals surface area contributed by atoms with E-state index < -0.39 is 12.2 Å². The highest BCUT2D eigenvalue weighted by molar-refractivity contribution is 6.02. The Bertz CT molecular complexity index is 1360. The standard InChI is InChI=1S/C26H24N6O3/c33-24-15-19(16-7-3-1-4-8-16)27-26(29-24)32-23(14-20(30-32)17-11-12-17)28-25(34)21-13-22(35-31-21)18-9-5-2-6-10-18/h1-10,13-14,17,19,26-27H,11-12,15H2,(H,28,34)(H,29,33). The van der Waals surface area contributed by atoms with Crippen LogP contribution in [-0.4, -0.2) is 26.8 Å². The molecule has 3 heterocycles. The van der Waals surface area contributed by atoms with Crippen molar-refractivity contribution in [2.75, 3.05) is 5.32 Å². The maximum absolute atomic E-state index is 13.1. The summed E-state index contributed by atoms with van der Waals surface area (Å²) in [5, 5.41) is 18.0. The van der Waals surface area contributed by atoms with Crippen LogP contribution in [0.4, 0.5) is 5.82 Å². The smallest absolute Gasteiger partial charge is 0.279 e. The van der Waals surface area contributed by atoms with Crippen LogP contribution in [0.3, 0.4) is 0 Å². The highest BCUT2D eigenvalue weighted by Crippen LogP contribution is 2.40. The molecule has 35 heavy (non-hydrogen) atoms. The third-order valence-corrected chi connectivity index (χ3v) is 6.29. The van der Waals surface area contributed by atoms with E-state index in [4.69, 9.17) is 9.62 Å². The Balaban J connectivity index is 1.26. The van der Waals surface area contributed by atoms with Gasteiger partial charge in [0.2, 0.25) is 5.91 Å². The van der Waals surface area contributed by atoms with Gasteiger partial charge in [0, 0.05) is 36.1 Å². The molecule has 9 nitrogen and oxygen atoms in total. The molecule has 3 N–H and O–H groups in total. The molecule has 2 unspecified atom stereocenters. The molecule has 9 heteroatoms. The number of nitrogens with zero attached hydrogens (tertiary/aromatic N) is 3. The molecular formula is C26H24N6O3. The number of hydrogen-bond donors (Lipinski definition) is 3. The summed E-state index contributed by atoms with van der Waals surface area (Å²) < 4.78 is 7.02. The number of rotatable bonds is 6. The van der Waals surface area contributed by atoms with Gasteiger partial charge in [-0.1, -0.05) is 65.8 Å². The number of aromatic nitrogens is 3. The van der Waals surface area contributed by atoms with Crippen LogP contribution in [0.15, 0.2) is 77.3 Å². The number of carbonyl (C=O) groups is 2. The van der Waals surface area contributed by atoms with Gasteiger partial charge < -0.3 is 15.2 Å². The molecule has 2 aliphatic rings. The zero-order valence-electron chi connectivity index (χ0n) is 18.8. The minimum atomic E-state index is -0.610. The third kappa shape index (κ3) is 4.45. The van der Waals surface area contributed by atoms with E-state index in [1.807, 2.05) is 66.7 Å². The molecular weight excluding hydrogens is 444 g/mol. The van der Waals surface area contributed by atoms with E-state index in [0.717, 1.165) is 29.7 Å². The molecule has 2 fully saturated rings. The Morgan fingerprint density at radius 2 is 1.77 bits per heavy atom. The molecule has 1 saturated heterocycles. The lowest BCUT2D eigenvalue weighted by atomic mass is 10.0. The van der Waals surface area contributed by atoms with Crippen LogP contribution in [-0.2, 0) is 4.79 Å². The van der Waals surface area contributed by atoms with Gasteiger partial charge in [0.05, 0.1) is 5.69 Å². The first-order chi connectivity index (χ1) is 17.1. The first-order valence-electron chi connectivity index (χ1n) is 11.7. The molecule has 2 amide bonds. The molecule has 6 rings (SSSR count). The largest absolute Gasteiger partial charge is 0.355 e. The number of hydrogen-bond acceptors (Lipinski definition) is 6. The second-order valence-electron chi connectivity index (χ2n) is 8.87. The minimum Gasteiger partial charge on any atom is -0.355 e. The van der Waals surface area contributed by atoms with Crippen LogP contribution in [0, 0.1) is 0 Å². The molecule has 0 spiro atoms. The number of nitrogens with one attached hydrogen (secondary N) is 3. The lowest BCUT2D eigenvalue weighted by molar-refractivity contribution is -0.125. The highest BCUT2D eigenvalue weighted by atomic mass is 16.5. The summed E-state index contributed by atoms with van der Waals surface area (Å²) in [6.45, 7) is 0. The normalized spacial score (nSPS) is 19.8. The van der Waals surface area contributed by atoms with Crippen LogP contribution in [0.5, 0.6) is 0 Å². The topological polar surface area (TPSA) is 114 Å². The Kier molecular flexibility index (Phi) is 5.38. The lowest BCUT2D eigenvalue weighted by Gasteiger charge is -2.32. The van der Waals surface area contributed by atoms with Crippen molar-refractivity contribution in [1.82, 2.24) is 25.6 Å². The van der Waals surface area contributed by atoms with E-state index >= 15 is 0 Å². The van der Waals surface area contributed by atoms with Crippen molar-refractivity contribution in [2.45, 2.75) is 37.5 Å². The summed E-state index contributed by atoms with van der Waals surface area (Å²) in [5.74, 6) is 0.851. The van der Waals surface area contributed by atoms with Crippen molar-refractivity contribution in [1.29, 1.82) is 0 Å². The van der Waals surface area contributed by atoms with Crippen molar-refractivity contribution in [2.24, 2.45) is 0 Å². The van der Waals surface area contributed by atoms with Crippen LogP contribution in [0.2, 0.25) is 0 Å². The highest BCUT2D eigenvalue weighted by Gasteiger charge is 2.33. The summed E-state index contributed by atoms with van der Waals surface area (Å²) in [7, 11) is 0. The fourth-order valence-corrected chi connectivity index (χ4v) is 4.30. The zero-order chi connectivity index (χ0) is 23.8. The van der Waals surface area contributed by atoms with E-state index in [1.54, 1.807) is 10.7 Å². The molecule has 0 bridgehead atoms. The summed E-state index contributed by atoms with van der Waals surface area (Å²) in [6.07, 6.45) is 1.83. The first-order valence-corrected chi connectivity index (χ1v) is 11.7. The van der Waals surface area contributed by atoms with E-state index in [2.05, 4.69) is 21.1 Å². The Labute approximate surface area is 201 Å². The molecule has 2 aromatic carbocycles. The van der Waals surface area contributed by atoms with E-state index in [1.165, 1.54) is 0 Å². The van der Waals surface area contributed by atoms with E-state index in [0.29, 0.717) is 23.9 Å². The molecule has 2 aromatic heterocycles. The van der Waals surface area contributed by atoms with Gasteiger partial charge in [-0.3, -0.25) is 14.9 Å². The van der Waals surface area contributed by atoms with Gasteiger partial charge in [0.25, 0.3) is 5.91 Å². The summed E-state index contributed by atoms with van der Waals surface area (Å²) >= 11 is 0. The van der Waals surface area contributed by atoms with Crippen LogP contribution < -0.4 is 16.0 Å². The average molecular weight is 469 g/mol. The van der Waals surface area contributed by atoms with Crippen molar-refractivity contribution in [3.05, 3.63) is 89.7 Å². The second kappa shape index (κ2) is 8.84. The summed E-state index contributed by atoms with van der Waals surface area (Å²) in [6, 6.07) is 22.6. The molecule has 4 aromatic rings. The fourth-order valence-electron chi connectivity index (χ4n) is 4.30. The minimum absolute atomic E-state index is 0.0904. The van der Waals surface area contributed by atoms with Crippen LogP contribution in [0.1, 0.15) is 59.3 Å². The lowest BCUT2D eigenvalue weighted by Crippen LogP contribution is -2.50. The van der Waals surface area contributed by atoms with Crippen molar-refractivity contribution >= 4 is 17.6 Å². The third-order valence-electron chi connectivity index (χ3n) is 6.29. The fraction of sp³-hybridized carbons (Fsp3) is 0.231. The molecule has 1 saturated carbocycles. The van der Waals surface area contributed by atoms with Crippen molar-refractivity contribution in [3.8, 4) is 11.3 Å². The number of benzene rings is 2. The van der Waals surface area contributed by atoms with Crippen molar-refractivity contribution in [3.63, 3.8) is 0 Å². The maximum Gasteiger partial charge on any atom is 0.279 e. The van der Waals surface area contributed by atoms with E-state index in [-0.39, 0.29) is 17.6 Å². The number of carbonyl (C=O) groups excluding carboxylic acids is 2. The van der Waals surface area contributed by atoms with Gasteiger partial charge in [-0.05, 0) is 18.4 Å². The van der Waals surface area contributed by atoms with Crippen LogP contribution in [0.25, 0.3) is 11.3 Å². The van der Waals surface area contributed by atoms with Crippen molar-refractivity contribution < 1.29 is 14.1 Å². The second-order valence-corrected chi connectivity index (χ2v) is 8.87. The monoisotopic (exact) mass is 468 g/mol. The van der Waals surface area contributed by atoms with Gasteiger partial charge in [-0.2, -0.15) is 5.10 Å². The Morgan fingerprint density at radius 1 is 1.03 bits per heavy atom. The predicted molar refractivity (Wildman–Crippen MR) is 128 cm³/mol. The first kappa shape index (κ1) is 21.3. The number of amides is 2. The molecule has 0 radical (unpaired) electrons. The van der Waals surface area contributed by atoms with Crippen LogP contribution >= 0.6 is 0 Å². The van der Waals surface area contributed by atoms with Gasteiger partial charge in [0.15, 0.2) is 17.7 Å². The molecule has 1 aliphatic heterocycles. The average Bonchev–Trinajstić information content (AvgIpc) is 3.46. The quantitative estimate of drug-likeness (QED) is 0.395. The van der Waals surface area contributed by atoms with Gasteiger partial charge in [-0.25, -0.2) is 4.68 Å². The Morgan fingerprint density at radius 3 is 2.51 bits per heavy atom. The molecule has 176 valence electrons. The molecule has 2 atom stereocenters. The summed E-state index contributed by atoms with van der Waals surface area (Å²) in [5.41, 5.74) is 2.90. The Hall–Kier alpha value is -4.24. The maximum atomic E-state index is 13.1. The predicted octanol–water partition coefficient (Wildman–Crippen LogP) is 3.97. The number of anilines is 1. The SMILES string of the molecule is O=C1CC(c2ccccc2)NC(n2nc(C3CC3)cc2NC(=O)c2cc(-c3ccccc3)on2)N1. The van der Waals surface area contributed by atoms with Gasteiger partial charge >= 0.3 is 0 Å². The van der Waals surface area contributed by atoms with Gasteiger partial charge in [-0.15, -0.1) is 0 Å².